The van der Waals surface area contributed by atoms with Crippen LogP contribution in [0.15, 0.2) is 6.20 Å². The fourth-order valence-corrected chi connectivity index (χ4v) is 3.67. The number of hydrogen-bond acceptors (Lipinski definition) is 5. The minimum atomic E-state index is -0.550. The topological polar surface area (TPSA) is 50.3 Å². The van der Waals surface area contributed by atoms with E-state index in [1.807, 2.05) is 0 Å². The van der Waals surface area contributed by atoms with E-state index >= 15 is 0 Å². The number of morpholine rings is 1. The second-order valence-corrected chi connectivity index (χ2v) is 6.72. The van der Waals surface area contributed by atoms with E-state index < -0.39 is 5.82 Å². The van der Waals surface area contributed by atoms with Crippen molar-refractivity contribution in [2.45, 2.75) is 19.0 Å². The third kappa shape index (κ3) is 2.54. The summed E-state index contributed by atoms with van der Waals surface area (Å²) in [4.78, 5) is 10.6. The van der Waals surface area contributed by atoms with Crippen molar-refractivity contribution in [3.63, 3.8) is 0 Å². The summed E-state index contributed by atoms with van der Waals surface area (Å²) in [5.41, 5.74) is 0.575. The zero-order valence-electron chi connectivity index (χ0n) is 12.4. The summed E-state index contributed by atoms with van der Waals surface area (Å²) in [6, 6.07) is 0.453. The number of ether oxygens (including phenoxy) is 1. The maximum Gasteiger partial charge on any atom is 0.168 e. The molecule has 2 unspecified atom stereocenters. The molecule has 2 saturated heterocycles. The smallest absolute Gasteiger partial charge is 0.168 e. The molecule has 4 heterocycles. The third-order valence-corrected chi connectivity index (χ3v) is 5.03. The van der Waals surface area contributed by atoms with E-state index in [0.717, 1.165) is 13.1 Å². The van der Waals surface area contributed by atoms with Crippen molar-refractivity contribution in [3.8, 4) is 0 Å². The first-order chi connectivity index (χ1) is 11.0. The Morgan fingerprint density at radius 3 is 2.65 bits per heavy atom. The molecule has 0 saturated carbocycles. The fraction of sp³-hybridized carbons (Fsp3) is 0.467. The molecule has 2 bridgehead atoms. The molecule has 0 aliphatic carbocycles. The first-order valence-corrected chi connectivity index (χ1v) is 8.18. The van der Waals surface area contributed by atoms with Gasteiger partial charge >= 0.3 is 0 Å². The third-order valence-electron chi connectivity index (χ3n) is 4.40. The summed E-state index contributed by atoms with van der Waals surface area (Å²) in [6.45, 7) is 4.50. The maximum atomic E-state index is 14.5. The van der Waals surface area contributed by atoms with Crippen LogP contribution >= 0.6 is 23.2 Å². The van der Waals surface area contributed by atoms with Crippen molar-refractivity contribution < 1.29 is 9.13 Å². The van der Waals surface area contributed by atoms with Crippen molar-refractivity contribution in [2.75, 3.05) is 31.2 Å². The Balaban J connectivity index is 1.87. The summed E-state index contributed by atoms with van der Waals surface area (Å²) in [5.74, 6) is 0.0999. The standard InChI is InChI=1S/C15H15Cl2FN4O/c1-7-11-10(2-19-14(17)12(11)18)15(21-13(7)16)22-3-8-5-23-6-9(4-22)20-8/h2,8-9,20H,3-6H2,1H3. The van der Waals surface area contributed by atoms with Crippen LogP contribution in [-0.4, -0.2) is 48.4 Å². The SMILES string of the molecule is Cc1c(Cl)nc(N2CC3COCC(C2)N3)c2cnc(Cl)c(F)c12. The van der Waals surface area contributed by atoms with Crippen LogP contribution in [0.4, 0.5) is 10.2 Å². The lowest BCUT2D eigenvalue weighted by Gasteiger charge is -2.43. The van der Waals surface area contributed by atoms with Gasteiger partial charge in [-0.1, -0.05) is 23.2 Å². The molecule has 0 amide bonds. The molecule has 2 aliphatic heterocycles. The van der Waals surface area contributed by atoms with Crippen molar-refractivity contribution in [3.05, 3.63) is 27.9 Å². The average molecular weight is 357 g/mol. The number of anilines is 1. The molecular weight excluding hydrogens is 342 g/mol. The van der Waals surface area contributed by atoms with Crippen LogP contribution < -0.4 is 10.2 Å². The van der Waals surface area contributed by atoms with Gasteiger partial charge in [0, 0.05) is 42.1 Å². The number of fused-ring (bicyclic) bond motifs is 3. The molecule has 2 aromatic rings. The van der Waals surface area contributed by atoms with Crippen LogP contribution in [0.1, 0.15) is 5.56 Å². The molecule has 2 aromatic heterocycles. The van der Waals surface area contributed by atoms with Gasteiger partial charge in [0.1, 0.15) is 11.0 Å². The number of nitrogens with zero attached hydrogens (tertiary/aromatic N) is 3. The van der Waals surface area contributed by atoms with E-state index in [4.69, 9.17) is 27.9 Å². The molecular formula is C15H15Cl2FN4O. The summed E-state index contributed by atoms with van der Waals surface area (Å²) < 4.78 is 20.0. The summed E-state index contributed by atoms with van der Waals surface area (Å²) in [7, 11) is 0. The normalized spacial score (nSPS) is 24.3. The van der Waals surface area contributed by atoms with Crippen molar-refractivity contribution in [1.82, 2.24) is 15.3 Å². The Morgan fingerprint density at radius 2 is 1.96 bits per heavy atom. The number of halogens is 3. The Hall–Kier alpha value is -1.21. The quantitative estimate of drug-likeness (QED) is 0.795. The van der Waals surface area contributed by atoms with Gasteiger partial charge in [-0.05, 0) is 12.5 Å². The lowest BCUT2D eigenvalue weighted by Crippen LogP contribution is -2.63. The molecule has 0 aromatic carbocycles. The lowest BCUT2D eigenvalue weighted by atomic mass is 10.1. The van der Waals surface area contributed by atoms with Crippen molar-refractivity contribution in [2.24, 2.45) is 0 Å². The molecule has 2 aliphatic rings. The highest BCUT2D eigenvalue weighted by Crippen LogP contribution is 2.35. The Bertz CT molecular complexity index is 768. The first kappa shape index (κ1) is 15.3. The van der Waals surface area contributed by atoms with Crippen LogP contribution in [0.2, 0.25) is 10.3 Å². The van der Waals surface area contributed by atoms with E-state index in [1.54, 1.807) is 13.1 Å². The van der Waals surface area contributed by atoms with Crippen LogP contribution in [0, 0.1) is 12.7 Å². The number of nitrogens with one attached hydrogen (secondary N) is 1. The van der Waals surface area contributed by atoms with E-state index in [2.05, 4.69) is 20.2 Å². The van der Waals surface area contributed by atoms with Gasteiger partial charge in [0.25, 0.3) is 0 Å². The molecule has 4 rings (SSSR count). The maximum absolute atomic E-state index is 14.5. The van der Waals surface area contributed by atoms with Gasteiger partial charge in [-0.25, -0.2) is 14.4 Å². The molecule has 8 heteroatoms. The van der Waals surface area contributed by atoms with Gasteiger partial charge in [0.2, 0.25) is 0 Å². The fourth-order valence-electron chi connectivity index (χ4n) is 3.35. The largest absolute Gasteiger partial charge is 0.378 e. The van der Waals surface area contributed by atoms with Crippen LogP contribution in [0.3, 0.4) is 0 Å². The van der Waals surface area contributed by atoms with Gasteiger partial charge in [-0.3, -0.25) is 0 Å². The highest BCUT2D eigenvalue weighted by atomic mass is 35.5. The molecule has 5 nitrogen and oxygen atoms in total. The molecule has 0 spiro atoms. The second-order valence-electron chi connectivity index (χ2n) is 6.01. The number of rotatable bonds is 1. The lowest BCUT2D eigenvalue weighted by molar-refractivity contribution is 0.0375. The molecule has 2 fully saturated rings. The number of aromatic nitrogens is 2. The molecule has 23 heavy (non-hydrogen) atoms. The van der Waals surface area contributed by atoms with Crippen LogP contribution in [0.25, 0.3) is 10.8 Å². The molecule has 0 radical (unpaired) electrons. The summed E-state index contributed by atoms with van der Waals surface area (Å²) >= 11 is 12.1. The van der Waals surface area contributed by atoms with Crippen LogP contribution in [-0.2, 0) is 4.74 Å². The highest BCUT2D eigenvalue weighted by Gasteiger charge is 2.32. The number of pyridine rings is 2. The van der Waals surface area contributed by atoms with Gasteiger partial charge in [0.15, 0.2) is 11.0 Å². The van der Waals surface area contributed by atoms with Crippen LogP contribution in [0.5, 0.6) is 0 Å². The summed E-state index contributed by atoms with van der Waals surface area (Å²) in [6.07, 6.45) is 1.57. The minimum absolute atomic E-state index is 0.153. The number of hydrogen-bond donors (Lipinski definition) is 1. The van der Waals surface area contributed by atoms with E-state index in [-0.39, 0.29) is 22.4 Å². The Morgan fingerprint density at radius 1 is 1.26 bits per heavy atom. The Labute approximate surface area is 142 Å². The van der Waals surface area contributed by atoms with Gasteiger partial charge in [0.05, 0.1) is 13.2 Å². The zero-order chi connectivity index (χ0) is 16.1. The van der Waals surface area contributed by atoms with Crippen molar-refractivity contribution in [1.29, 1.82) is 0 Å². The van der Waals surface area contributed by atoms with E-state index in [1.165, 1.54) is 0 Å². The minimum Gasteiger partial charge on any atom is -0.378 e. The predicted molar refractivity (Wildman–Crippen MR) is 88.0 cm³/mol. The molecule has 1 N–H and O–H groups in total. The summed E-state index contributed by atoms with van der Waals surface area (Å²) in [5, 5.41) is 4.66. The van der Waals surface area contributed by atoms with Gasteiger partial charge in [-0.15, -0.1) is 0 Å². The zero-order valence-corrected chi connectivity index (χ0v) is 14.0. The number of piperazine rings is 1. The predicted octanol–water partition coefficient (Wildman–Crippen LogP) is 2.56. The Kier molecular flexibility index (Phi) is 3.80. The first-order valence-electron chi connectivity index (χ1n) is 7.43. The monoisotopic (exact) mass is 356 g/mol. The average Bonchev–Trinajstić information content (AvgIpc) is 2.53. The van der Waals surface area contributed by atoms with Gasteiger partial charge < -0.3 is 15.0 Å². The molecule has 122 valence electrons. The number of aryl methyl sites for hydroxylation is 1. The highest BCUT2D eigenvalue weighted by molar-refractivity contribution is 6.32. The van der Waals surface area contributed by atoms with E-state index in [9.17, 15) is 4.39 Å². The van der Waals surface area contributed by atoms with E-state index in [0.29, 0.717) is 35.4 Å². The molecule has 2 atom stereocenters. The second kappa shape index (κ2) is 5.70. The van der Waals surface area contributed by atoms with Crippen molar-refractivity contribution >= 4 is 39.8 Å². The van der Waals surface area contributed by atoms with Gasteiger partial charge in [-0.2, -0.15) is 0 Å².